The monoisotopic (exact) mass is 333 g/mol. The molecule has 1 amide bonds. The Bertz CT molecular complexity index is 676. The SMILES string of the molecule is COC(=O)c1sccc1NC(=O)c1ccc(OCC(C)C)cc1. The topological polar surface area (TPSA) is 64.6 Å². The van der Waals surface area contributed by atoms with Crippen molar-refractivity contribution in [3.63, 3.8) is 0 Å². The first-order chi connectivity index (χ1) is 11.0. The van der Waals surface area contributed by atoms with Gasteiger partial charge in [-0.05, 0) is 41.6 Å². The predicted molar refractivity (Wildman–Crippen MR) is 90.4 cm³/mol. The lowest BCUT2D eigenvalue weighted by Crippen LogP contribution is -2.14. The van der Waals surface area contributed by atoms with E-state index in [4.69, 9.17) is 4.74 Å². The molecule has 1 aromatic carbocycles. The fourth-order valence-electron chi connectivity index (χ4n) is 1.82. The number of benzene rings is 1. The van der Waals surface area contributed by atoms with E-state index in [0.29, 0.717) is 28.7 Å². The fourth-order valence-corrected chi connectivity index (χ4v) is 2.58. The highest BCUT2D eigenvalue weighted by atomic mass is 32.1. The molecular formula is C17H19NO4S. The van der Waals surface area contributed by atoms with Crippen molar-refractivity contribution >= 4 is 28.9 Å². The van der Waals surface area contributed by atoms with Crippen LogP contribution in [0.15, 0.2) is 35.7 Å². The second-order valence-electron chi connectivity index (χ2n) is 5.34. The molecule has 1 heterocycles. The highest BCUT2D eigenvalue weighted by Gasteiger charge is 2.16. The molecule has 0 aliphatic heterocycles. The molecular weight excluding hydrogens is 314 g/mol. The maximum absolute atomic E-state index is 12.3. The van der Waals surface area contributed by atoms with Crippen LogP contribution in [0, 0.1) is 5.92 Å². The Balaban J connectivity index is 2.04. The molecule has 2 aromatic rings. The van der Waals surface area contributed by atoms with Crippen LogP contribution in [0.5, 0.6) is 5.75 Å². The Morgan fingerprint density at radius 2 is 1.87 bits per heavy atom. The predicted octanol–water partition coefficient (Wildman–Crippen LogP) is 3.82. The van der Waals surface area contributed by atoms with E-state index < -0.39 is 5.97 Å². The van der Waals surface area contributed by atoms with E-state index in [2.05, 4.69) is 23.9 Å². The van der Waals surface area contributed by atoms with Gasteiger partial charge in [0, 0.05) is 5.56 Å². The van der Waals surface area contributed by atoms with Crippen LogP contribution in [-0.4, -0.2) is 25.6 Å². The number of methoxy groups -OCH3 is 1. The Morgan fingerprint density at radius 3 is 2.48 bits per heavy atom. The number of hydrogen-bond donors (Lipinski definition) is 1. The van der Waals surface area contributed by atoms with E-state index in [1.165, 1.54) is 18.4 Å². The maximum Gasteiger partial charge on any atom is 0.350 e. The van der Waals surface area contributed by atoms with Gasteiger partial charge >= 0.3 is 5.97 Å². The van der Waals surface area contributed by atoms with Crippen LogP contribution < -0.4 is 10.1 Å². The van der Waals surface area contributed by atoms with Crippen molar-refractivity contribution in [1.82, 2.24) is 0 Å². The number of thiophene rings is 1. The number of carbonyl (C=O) groups is 2. The smallest absolute Gasteiger partial charge is 0.350 e. The minimum Gasteiger partial charge on any atom is -0.493 e. The van der Waals surface area contributed by atoms with E-state index in [-0.39, 0.29) is 5.91 Å². The van der Waals surface area contributed by atoms with E-state index in [1.54, 1.807) is 35.7 Å². The maximum atomic E-state index is 12.3. The summed E-state index contributed by atoms with van der Waals surface area (Å²) in [6.07, 6.45) is 0. The molecule has 1 N–H and O–H groups in total. The third-order valence-corrected chi connectivity index (χ3v) is 3.88. The quantitative estimate of drug-likeness (QED) is 0.816. The van der Waals surface area contributed by atoms with Crippen LogP contribution in [0.2, 0.25) is 0 Å². The molecule has 0 spiro atoms. The molecule has 0 fully saturated rings. The summed E-state index contributed by atoms with van der Waals surface area (Å²) in [4.78, 5) is 24.2. The summed E-state index contributed by atoms with van der Waals surface area (Å²) in [5, 5.41) is 4.45. The second kappa shape index (κ2) is 7.78. The molecule has 0 aliphatic carbocycles. The van der Waals surface area contributed by atoms with E-state index in [0.717, 1.165) is 5.75 Å². The van der Waals surface area contributed by atoms with Crippen molar-refractivity contribution in [3.05, 3.63) is 46.2 Å². The molecule has 0 atom stereocenters. The van der Waals surface area contributed by atoms with Crippen molar-refractivity contribution in [1.29, 1.82) is 0 Å². The van der Waals surface area contributed by atoms with Crippen LogP contribution in [0.1, 0.15) is 33.9 Å². The lowest BCUT2D eigenvalue weighted by Gasteiger charge is -2.09. The average Bonchev–Trinajstić information content (AvgIpc) is 3.00. The van der Waals surface area contributed by atoms with Crippen molar-refractivity contribution in [2.24, 2.45) is 5.92 Å². The van der Waals surface area contributed by atoms with Crippen LogP contribution >= 0.6 is 11.3 Å². The van der Waals surface area contributed by atoms with Gasteiger partial charge in [-0.25, -0.2) is 4.79 Å². The van der Waals surface area contributed by atoms with E-state index >= 15 is 0 Å². The van der Waals surface area contributed by atoms with Crippen LogP contribution in [-0.2, 0) is 4.74 Å². The van der Waals surface area contributed by atoms with Gasteiger partial charge in [0.25, 0.3) is 5.91 Å². The summed E-state index contributed by atoms with van der Waals surface area (Å²) in [6.45, 7) is 4.77. The van der Waals surface area contributed by atoms with Gasteiger partial charge in [-0.15, -0.1) is 11.3 Å². The number of carbonyl (C=O) groups excluding carboxylic acids is 2. The molecule has 0 radical (unpaired) electrons. The van der Waals surface area contributed by atoms with Crippen LogP contribution in [0.25, 0.3) is 0 Å². The van der Waals surface area contributed by atoms with Crippen molar-refractivity contribution in [2.45, 2.75) is 13.8 Å². The van der Waals surface area contributed by atoms with Crippen LogP contribution in [0.4, 0.5) is 5.69 Å². The van der Waals surface area contributed by atoms with Gasteiger partial charge in [-0.3, -0.25) is 4.79 Å². The van der Waals surface area contributed by atoms with Gasteiger partial charge < -0.3 is 14.8 Å². The number of esters is 1. The summed E-state index contributed by atoms with van der Waals surface area (Å²) in [7, 11) is 1.31. The Hall–Kier alpha value is -2.34. The zero-order valence-corrected chi connectivity index (χ0v) is 14.1. The molecule has 2 rings (SSSR count). The fraction of sp³-hybridized carbons (Fsp3) is 0.294. The number of rotatable bonds is 6. The van der Waals surface area contributed by atoms with Gasteiger partial charge in [0.05, 0.1) is 19.4 Å². The minimum absolute atomic E-state index is 0.288. The zero-order chi connectivity index (χ0) is 16.8. The Morgan fingerprint density at radius 1 is 1.17 bits per heavy atom. The number of amides is 1. The first kappa shape index (κ1) is 17.0. The lowest BCUT2D eigenvalue weighted by atomic mass is 10.2. The highest BCUT2D eigenvalue weighted by molar-refractivity contribution is 7.12. The van der Waals surface area contributed by atoms with Gasteiger partial charge in [-0.1, -0.05) is 13.8 Å². The lowest BCUT2D eigenvalue weighted by molar-refractivity contribution is 0.0607. The second-order valence-corrected chi connectivity index (χ2v) is 6.25. The molecule has 0 saturated carbocycles. The molecule has 0 unspecified atom stereocenters. The molecule has 0 bridgehead atoms. The minimum atomic E-state index is -0.465. The first-order valence-electron chi connectivity index (χ1n) is 7.21. The molecule has 0 saturated heterocycles. The van der Waals surface area contributed by atoms with Gasteiger partial charge in [0.1, 0.15) is 10.6 Å². The Kier molecular flexibility index (Phi) is 5.76. The van der Waals surface area contributed by atoms with E-state index in [1.807, 2.05) is 0 Å². The average molecular weight is 333 g/mol. The van der Waals surface area contributed by atoms with Crippen molar-refractivity contribution in [3.8, 4) is 5.75 Å². The molecule has 5 nitrogen and oxygen atoms in total. The van der Waals surface area contributed by atoms with Gasteiger partial charge in [0.15, 0.2) is 0 Å². The first-order valence-corrected chi connectivity index (χ1v) is 8.09. The molecule has 0 aliphatic rings. The third-order valence-electron chi connectivity index (χ3n) is 2.98. The summed E-state index contributed by atoms with van der Waals surface area (Å²) in [5.41, 5.74) is 0.941. The number of nitrogens with one attached hydrogen (secondary N) is 1. The summed E-state index contributed by atoms with van der Waals surface area (Å²) < 4.78 is 10.3. The van der Waals surface area contributed by atoms with Gasteiger partial charge in [0.2, 0.25) is 0 Å². The normalized spacial score (nSPS) is 10.4. The number of ether oxygens (including phenoxy) is 2. The molecule has 23 heavy (non-hydrogen) atoms. The highest BCUT2D eigenvalue weighted by Crippen LogP contribution is 2.24. The van der Waals surface area contributed by atoms with Crippen molar-refractivity contribution in [2.75, 3.05) is 19.0 Å². The van der Waals surface area contributed by atoms with Crippen molar-refractivity contribution < 1.29 is 19.1 Å². The summed E-state index contributed by atoms with van der Waals surface area (Å²) in [6, 6.07) is 8.57. The third kappa shape index (κ3) is 4.56. The zero-order valence-electron chi connectivity index (χ0n) is 13.3. The van der Waals surface area contributed by atoms with E-state index in [9.17, 15) is 9.59 Å². The number of hydrogen-bond acceptors (Lipinski definition) is 5. The number of anilines is 1. The molecule has 122 valence electrons. The Labute approximate surface area is 139 Å². The molecule has 1 aromatic heterocycles. The standard InChI is InChI=1S/C17H19NO4S/c1-11(2)10-22-13-6-4-12(5-7-13)16(19)18-14-8-9-23-15(14)17(20)21-3/h4-9,11H,10H2,1-3H3,(H,18,19). The summed E-state index contributed by atoms with van der Waals surface area (Å²) >= 11 is 1.22. The van der Waals surface area contributed by atoms with Gasteiger partial charge in [-0.2, -0.15) is 0 Å². The summed E-state index contributed by atoms with van der Waals surface area (Å²) in [5.74, 6) is 0.408. The molecule has 6 heteroatoms. The largest absolute Gasteiger partial charge is 0.493 e. The van der Waals surface area contributed by atoms with Crippen LogP contribution in [0.3, 0.4) is 0 Å².